The fourth-order valence-electron chi connectivity index (χ4n) is 3.76. The van der Waals surface area contributed by atoms with E-state index in [9.17, 15) is 4.79 Å². The first-order chi connectivity index (χ1) is 13.7. The Kier molecular flexibility index (Phi) is 5.55. The second-order valence-corrected chi connectivity index (χ2v) is 7.39. The van der Waals surface area contributed by atoms with Crippen molar-refractivity contribution in [2.24, 2.45) is 0 Å². The molecule has 0 aliphatic carbocycles. The molecule has 1 aliphatic heterocycles. The summed E-state index contributed by atoms with van der Waals surface area (Å²) in [5, 5.41) is 1.75. The van der Waals surface area contributed by atoms with Crippen molar-refractivity contribution in [3.8, 4) is 5.75 Å². The van der Waals surface area contributed by atoms with E-state index in [4.69, 9.17) is 21.1 Å². The van der Waals surface area contributed by atoms with Crippen LogP contribution >= 0.6 is 11.6 Å². The standard InChI is InChI=1S/C22H23ClN2O3/c1-27-17-6-7-21-19(12-17)20(14-24-21)18(15-2-4-16(23)5-3-15)13-22(26)25-8-10-28-11-9-25/h2-7,12,14,18,24H,8-11,13H2,1H3/t18-/m1/s1. The van der Waals surface area contributed by atoms with Crippen molar-refractivity contribution in [2.75, 3.05) is 33.4 Å². The van der Waals surface area contributed by atoms with Gasteiger partial charge < -0.3 is 19.4 Å². The quantitative estimate of drug-likeness (QED) is 0.700. The van der Waals surface area contributed by atoms with Gasteiger partial charge in [0.2, 0.25) is 5.91 Å². The number of fused-ring (bicyclic) bond motifs is 1. The van der Waals surface area contributed by atoms with Crippen LogP contribution in [0, 0.1) is 0 Å². The van der Waals surface area contributed by atoms with E-state index < -0.39 is 0 Å². The Labute approximate surface area is 169 Å². The van der Waals surface area contributed by atoms with Gasteiger partial charge in [0.05, 0.1) is 20.3 Å². The van der Waals surface area contributed by atoms with Gasteiger partial charge in [-0.2, -0.15) is 0 Å². The zero-order valence-corrected chi connectivity index (χ0v) is 16.5. The van der Waals surface area contributed by atoms with Gasteiger partial charge in [0.15, 0.2) is 0 Å². The highest BCUT2D eigenvalue weighted by molar-refractivity contribution is 6.30. The van der Waals surface area contributed by atoms with Gasteiger partial charge in [-0.25, -0.2) is 0 Å². The van der Waals surface area contributed by atoms with E-state index in [0.29, 0.717) is 37.7 Å². The number of halogens is 1. The Morgan fingerprint density at radius 2 is 1.96 bits per heavy atom. The summed E-state index contributed by atoms with van der Waals surface area (Å²) < 4.78 is 10.8. The Balaban J connectivity index is 1.72. The van der Waals surface area contributed by atoms with E-state index in [-0.39, 0.29) is 11.8 Å². The van der Waals surface area contributed by atoms with Gasteiger partial charge in [-0.05, 0) is 41.5 Å². The van der Waals surface area contributed by atoms with Crippen LogP contribution in [0.4, 0.5) is 0 Å². The monoisotopic (exact) mass is 398 g/mol. The third-order valence-electron chi connectivity index (χ3n) is 5.31. The number of nitrogens with one attached hydrogen (secondary N) is 1. The SMILES string of the molecule is COc1ccc2[nH]cc([C@H](CC(=O)N3CCOCC3)c3ccc(Cl)cc3)c2c1. The number of hydrogen-bond donors (Lipinski definition) is 1. The number of nitrogens with zero attached hydrogens (tertiary/aromatic N) is 1. The molecule has 0 spiro atoms. The van der Waals surface area contributed by atoms with Gasteiger partial charge in [0.25, 0.3) is 0 Å². The molecule has 4 rings (SSSR count). The highest BCUT2D eigenvalue weighted by Gasteiger charge is 2.25. The number of hydrogen-bond acceptors (Lipinski definition) is 3. The van der Waals surface area contributed by atoms with Crippen LogP contribution in [0.1, 0.15) is 23.5 Å². The van der Waals surface area contributed by atoms with E-state index in [1.54, 1.807) is 7.11 Å². The molecule has 1 atom stereocenters. The zero-order valence-electron chi connectivity index (χ0n) is 15.8. The van der Waals surface area contributed by atoms with Crippen molar-refractivity contribution in [1.82, 2.24) is 9.88 Å². The highest BCUT2D eigenvalue weighted by atomic mass is 35.5. The number of rotatable bonds is 5. The first-order valence-electron chi connectivity index (χ1n) is 9.41. The number of methoxy groups -OCH3 is 1. The molecule has 2 aromatic carbocycles. The molecule has 1 aromatic heterocycles. The van der Waals surface area contributed by atoms with E-state index in [0.717, 1.165) is 27.8 Å². The molecule has 1 amide bonds. The smallest absolute Gasteiger partial charge is 0.223 e. The van der Waals surface area contributed by atoms with Gasteiger partial charge in [-0.1, -0.05) is 23.7 Å². The predicted octanol–water partition coefficient (Wildman–Crippen LogP) is 4.21. The van der Waals surface area contributed by atoms with Gasteiger partial charge in [0.1, 0.15) is 5.75 Å². The first kappa shape index (κ1) is 18.8. The summed E-state index contributed by atoms with van der Waals surface area (Å²) in [5.74, 6) is 0.858. The average Bonchev–Trinajstić information content (AvgIpc) is 3.16. The molecule has 0 unspecified atom stereocenters. The lowest BCUT2D eigenvalue weighted by molar-refractivity contribution is -0.135. The third kappa shape index (κ3) is 3.86. The largest absolute Gasteiger partial charge is 0.497 e. The van der Waals surface area contributed by atoms with Crippen molar-refractivity contribution in [2.45, 2.75) is 12.3 Å². The van der Waals surface area contributed by atoms with E-state index in [1.165, 1.54) is 0 Å². The first-order valence-corrected chi connectivity index (χ1v) is 9.79. The van der Waals surface area contributed by atoms with Crippen LogP contribution in [0.3, 0.4) is 0 Å². The molecule has 1 aliphatic rings. The number of carbonyl (C=O) groups is 1. The molecule has 0 saturated carbocycles. The Morgan fingerprint density at radius 3 is 2.68 bits per heavy atom. The summed E-state index contributed by atoms with van der Waals surface area (Å²) in [6.07, 6.45) is 2.39. The van der Waals surface area contributed by atoms with Gasteiger partial charge in [0, 0.05) is 47.6 Å². The summed E-state index contributed by atoms with van der Waals surface area (Å²) in [5.41, 5.74) is 3.17. The molecule has 3 aromatic rings. The highest BCUT2D eigenvalue weighted by Crippen LogP contribution is 2.35. The Hall–Kier alpha value is -2.50. The number of amides is 1. The molecule has 1 saturated heterocycles. The number of morpholine rings is 1. The molecule has 6 heteroatoms. The van der Waals surface area contributed by atoms with E-state index in [2.05, 4.69) is 4.98 Å². The second-order valence-electron chi connectivity index (χ2n) is 6.96. The summed E-state index contributed by atoms with van der Waals surface area (Å²) in [6, 6.07) is 13.7. The lowest BCUT2D eigenvalue weighted by atomic mass is 9.87. The van der Waals surface area contributed by atoms with Crippen molar-refractivity contribution in [1.29, 1.82) is 0 Å². The fourth-order valence-corrected chi connectivity index (χ4v) is 3.88. The molecule has 146 valence electrons. The molecule has 0 bridgehead atoms. The van der Waals surface area contributed by atoms with Crippen molar-refractivity contribution in [3.05, 3.63) is 64.8 Å². The summed E-state index contributed by atoms with van der Waals surface area (Å²) in [4.78, 5) is 18.2. The normalized spacial score (nSPS) is 15.6. The molecule has 1 fully saturated rings. The van der Waals surface area contributed by atoms with Gasteiger partial charge in [-0.3, -0.25) is 4.79 Å². The lowest BCUT2D eigenvalue weighted by Crippen LogP contribution is -2.41. The molecule has 5 nitrogen and oxygen atoms in total. The van der Waals surface area contributed by atoms with E-state index in [1.807, 2.05) is 53.6 Å². The lowest BCUT2D eigenvalue weighted by Gasteiger charge is -2.28. The maximum absolute atomic E-state index is 13.0. The molecule has 0 radical (unpaired) electrons. The fraction of sp³-hybridized carbons (Fsp3) is 0.318. The second kappa shape index (κ2) is 8.25. The van der Waals surface area contributed by atoms with Crippen LogP contribution in [0.2, 0.25) is 5.02 Å². The zero-order chi connectivity index (χ0) is 19.5. The van der Waals surface area contributed by atoms with Crippen molar-refractivity contribution in [3.63, 3.8) is 0 Å². The minimum Gasteiger partial charge on any atom is -0.497 e. The maximum Gasteiger partial charge on any atom is 0.223 e. The minimum atomic E-state index is -0.0755. The summed E-state index contributed by atoms with van der Waals surface area (Å²) in [6.45, 7) is 2.49. The minimum absolute atomic E-state index is 0.0755. The number of carbonyl (C=O) groups excluding carboxylic acids is 1. The third-order valence-corrected chi connectivity index (χ3v) is 5.56. The van der Waals surface area contributed by atoms with Crippen LogP contribution in [0.5, 0.6) is 5.75 Å². The number of benzene rings is 2. The van der Waals surface area contributed by atoms with Crippen LogP contribution in [0.25, 0.3) is 10.9 Å². The topological polar surface area (TPSA) is 54.6 Å². The van der Waals surface area contributed by atoms with Crippen molar-refractivity contribution >= 4 is 28.4 Å². The van der Waals surface area contributed by atoms with E-state index >= 15 is 0 Å². The predicted molar refractivity (Wildman–Crippen MR) is 110 cm³/mol. The molecular weight excluding hydrogens is 376 g/mol. The van der Waals surface area contributed by atoms with Crippen LogP contribution in [-0.4, -0.2) is 49.2 Å². The Morgan fingerprint density at radius 1 is 1.21 bits per heavy atom. The molecule has 28 heavy (non-hydrogen) atoms. The molecular formula is C22H23ClN2O3. The van der Waals surface area contributed by atoms with Crippen LogP contribution in [-0.2, 0) is 9.53 Å². The van der Waals surface area contributed by atoms with Gasteiger partial charge in [-0.15, -0.1) is 0 Å². The molecule has 2 heterocycles. The number of aromatic nitrogens is 1. The number of aromatic amines is 1. The van der Waals surface area contributed by atoms with Crippen molar-refractivity contribution < 1.29 is 14.3 Å². The number of H-pyrrole nitrogens is 1. The van der Waals surface area contributed by atoms with Crippen LogP contribution < -0.4 is 4.74 Å². The average molecular weight is 399 g/mol. The summed E-state index contributed by atoms with van der Waals surface area (Å²) in [7, 11) is 1.66. The maximum atomic E-state index is 13.0. The number of ether oxygens (including phenoxy) is 2. The van der Waals surface area contributed by atoms with Gasteiger partial charge >= 0.3 is 0 Å². The Bertz CT molecular complexity index is 962. The molecule has 1 N–H and O–H groups in total. The summed E-state index contributed by atoms with van der Waals surface area (Å²) >= 11 is 6.09. The van der Waals surface area contributed by atoms with Crippen LogP contribution in [0.15, 0.2) is 48.7 Å².